The minimum absolute atomic E-state index is 0.0950. The lowest BCUT2D eigenvalue weighted by atomic mass is 10.2. The van der Waals surface area contributed by atoms with Crippen LogP contribution in [-0.4, -0.2) is 35.1 Å². The molecule has 0 saturated carbocycles. The van der Waals surface area contributed by atoms with E-state index in [9.17, 15) is 4.79 Å². The van der Waals surface area contributed by atoms with E-state index in [1.807, 2.05) is 27.0 Å². The van der Waals surface area contributed by atoms with Gasteiger partial charge in [-0.2, -0.15) is 5.10 Å². The predicted molar refractivity (Wildman–Crippen MR) is 59.0 cm³/mol. The second kappa shape index (κ2) is 6.40. The SMILES string of the molecule is CCOC(OCC)C(=O)Cc1ccn(C)n1. The van der Waals surface area contributed by atoms with Gasteiger partial charge in [0.25, 0.3) is 0 Å². The maximum Gasteiger partial charge on any atom is 0.218 e. The zero-order chi connectivity index (χ0) is 12.0. The summed E-state index contributed by atoms with van der Waals surface area (Å²) in [5, 5.41) is 4.14. The Hall–Kier alpha value is -1.20. The summed E-state index contributed by atoms with van der Waals surface area (Å²) in [6.45, 7) is 4.58. The molecule has 0 aliphatic carbocycles. The number of carbonyl (C=O) groups is 1. The summed E-state index contributed by atoms with van der Waals surface area (Å²) in [5.74, 6) is -0.0950. The van der Waals surface area contributed by atoms with Crippen LogP contribution in [0, 0.1) is 0 Å². The number of ketones is 1. The van der Waals surface area contributed by atoms with E-state index in [0.717, 1.165) is 5.69 Å². The molecule has 0 spiro atoms. The fourth-order valence-corrected chi connectivity index (χ4v) is 1.36. The smallest absolute Gasteiger partial charge is 0.218 e. The molecule has 0 aliphatic rings. The fraction of sp³-hybridized carbons (Fsp3) is 0.636. The van der Waals surface area contributed by atoms with E-state index < -0.39 is 6.29 Å². The van der Waals surface area contributed by atoms with Crippen molar-refractivity contribution in [3.8, 4) is 0 Å². The summed E-state index contributed by atoms with van der Waals surface area (Å²) in [5.41, 5.74) is 0.733. The first-order valence-electron chi connectivity index (χ1n) is 5.41. The number of ether oxygens (including phenoxy) is 2. The van der Waals surface area contributed by atoms with Crippen LogP contribution >= 0.6 is 0 Å². The quantitative estimate of drug-likeness (QED) is 0.649. The first-order chi connectivity index (χ1) is 7.67. The molecular formula is C11H18N2O3. The van der Waals surface area contributed by atoms with Crippen molar-refractivity contribution in [3.63, 3.8) is 0 Å². The van der Waals surface area contributed by atoms with Crippen LogP contribution in [0.25, 0.3) is 0 Å². The van der Waals surface area contributed by atoms with E-state index in [4.69, 9.17) is 9.47 Å². The minimum atomic E-state index is -0.767. The van der Waals surface area contributed by atoms with Gasteiger partial charge in [-0.15, -0.1) is 0 Å². The molecular weight excluding hydrogens is 208 g/mol. The van der Waals surface area contributed by atoms with Crippen LogP contribution in [0.2, 0.25) is 0 Å². The van der Waals surface area contributed by atoms with Crippen LogP contribution in [0.1, 0.15) is 19.5 Å². The van der Waals surface area contributed by atoms with E-state index in [-0.39, 0.29) is 12.2 Å². The highest BCUT2D eigenvalue weighted by Gasteiger charge is 2.19. The fourth-order valence-electron chi connectivity index (χ4n) is 1.36. The van der Waals surface area contributed by atoms with Crippen LogP contribution in [-0.2, 0) is 27.7 Å². The van der Waals surface area contributed by atoms with Gasteiger partial charge in [0.2, 0.25) is 6.29 Å². The van der Waals surface area contributed by atoms with Gasteiger partial charge in [0.1, 0.15) is 0 Å². The number of carbonyl (C=O) groups excluding carboxylic acids is 1. The highest BCUT2D eigenvalue weighted by Crippen LogP contribution is 2.03. The molecule has 1 aromatic rings. The Bertz CT molecular complexity index is 330. The maximum absolute atomic E-state index is 11.8. The Balaban J connectivity index is 2.54. The van der Waals surface area contributed by atoms with Gasteiger partial charge in [-0.05, 0) is 19.9 Å². The number of hydrogen-bond donors (Lipinski definition) is 0. The summed E-state index contributed by atoms with van der Waals surface area (Å²) >= 11 is 0. The van der Waals surface area contributed by atoms with Crippen molar-refractivity contribution < 1.29 is 14.3 Å². The van der Waals surface area contributed by atoms with E-state index in [2.05, 4.69) is 5.10 Å². The second-order valence-corrected chi connectivity index (χ2v) is 3.37. The Morgan fingerprint density at radius 1 is 1.44 bits per heavy atom. The van der Waals surface area contributed by atoms with Crippen LogP contribution in [0.3, 0.4) is 0 Å². The first kappa shape index (κ1) is 12.9. The lowest BCUT2D eigenvalue weighted by molar-refractivity contribution is -0.167. The molecule has 0 fully saturated rings. The summed E-state index contributed by atoms with van der Waals surface area (Å²) in [4.78, 5) is 11.8. The van der Waals surface area contributed by atoms with Gasteiger partial charge < -0.3 is 9.47 Å². The third kappa shape index (κ3) is 3.75. The molecule has 90 valence electrons. The number of Topliss-reactive ketones (excluding diaryl/α,β-unsaturated/α-hetero) is 1. The Morgan fingerprint density at radius 2 is 2.06 bits per heavy atom. The van der Waals surface area contributed by atoms with Gasteiger partial charge in [-0.1, -0.05) is 0 Å². The molecule has 0 atom stereocenters. The summed E-state index contributed by atoms with van der Waals surface area (Å²) in [6, 6.07) is 1.81. The number of aromatic nitrogens is 2. The average Bonchev–Trinajstić information content (AvgIpc) is 2.63. The van der Waals surface area contributed by atoms with Crippen LogP contribution in [0.4, 0.5) is 0 Å². The van der Waals surface area contributed by atoms with Gasteiger partial charge in [0, 0.05) is 26.5 Å². The monoisotopic (exact) mass is 226 g/mol. The average molecular weight is 226 g/mol. The summed E-state index contributed by atoms with van der Waals surface area (Å²) in [7, 11) is 1.82. The molecule has 1 aromatic heterocycles. The van der Waals surface area contributed by atoms with E-state index in [1.165, 1.54) is 0 Å². The predicted octanol–water partition coefficient (Wildman–Crippen LogP) is 0.931. The van der Waals surface area contributed by atoms with Crippen molar-refractivity contribution in [2.75, 3.05) is 13.2 Å². The van der Waals surface area contributed by atoms with Crippen molar-refractivity contribution in [3.05, 3.63) is 18.0 Å². The van der Waals surface area contributed by atoms with Crippen LogP contribution in [0.5, 0.6) is 0 Å². The van der Waals surface area contributed by atoms with Gasteiger partial charge in [0.15, 0.2) is 5.78 Å². The minimum Gasteiger partial charge on any atom is -0.346 e. The number of nitrogens with zero attached hydrogens (tertiary/aromatic N) is 2. The van der Waals surface area contributed by atoms with E-state index in [1.54, 1.807) is 10.9 Å². The molecule has 0 aromatic carbocycles. The molecule has 1 heterocycles. The molecule has 0 amide bonds. The molecule has 0 saturated heterocycles. The third-order valence-electron chi connectivity index (χ3n) is 2.02. The van der Waals surface area contributed by atoms with Gasteiger partial charge in [-0.25, -0.2) is 0 Å². The standard InChI is InChI=1S/C11H18N2O3/c1-4-15-11(16-5-2)10(14)8-9-6-7-13(3)12-9/h6-7,11H,4-5,8H2,1-3H3. The lowest BCUT2D eigenvalue weighted by Crippen LogP contribution is -2.29. The Morgan fingerprint density at radius 3 is 2.50 bits per heavy atom. The second-order valence-electron chi connectivity index (χ2n) is 3.37. The molecule has 0 N–H and O–H groups in total. The van der Waals surface area contributed by atoms with Crippen molar-refractivity contribution in [2.24, 2.45) is 7.05 Å². The zero-order valence-electron chi connectivity index (χ0n) is 9.97. The summed E-state index contributed by atoms with van der Waals surface area (Å²) in [6.07, 6.45) is 1.28. The van der Waals surface area contributed by atoms with Crippen LogP contribution < -0.4 is 0 Å². The number of aryl methyl sites for hydroxylation is 1. The molecule has 1 rings (SSSR count). The van der Waals surface area contributed by atoms with Crippen LogP contribution in [0.15, 0.2) is 12.3 Å². The van der Waals surface area contributed by atoms with Crippen molar-refractivity contribution in [2.45, 2.75) is 26.6 Å². The van der Waals surface area contributed by atoms with Gasteiger partial charge >= 0.3 is 0 Å². The molecule has 0 unspecified atom stereocenters. The molecule has 5 nitrogen and oxygen atoms in total. The normalized spacial score (nSPS) is 11.0. The summed E-state index contributed by atoms with van der Waals surface area (Å²) < 4.78 is 12.1. The topological polar surface area (TPSA) is 53.4 Å². The maximum atomic E-state index is 11.8. The highest BCUT2D eigenvalue weighted by atomic mass is 16.7. The van der Waals surface area contributed by atoms with Crippen molar-refractivity contribution in [1.82, 2.24) is 9.78 Å². The zero-order valence-corrected chi connectivity index (χ0v) is 9.97. The number of rotatable bonds is 7. The Kier molecular flexibility index (Phi) is 5.14. The molecule has 5 heteroatoms. The van der Waals surface area contributed by atoms with E-state index >= 15 is 0 Å². The third-order valence-corrected chi connectivity index (χ3v) is 2.02. The van der Waals surface area contributed by atoms with Gasteiger partial charge in [-0.3, -0.25) is 9.48 Å². The molecule has 0 radical (unpaired) electrons. The Labute approximate surface area is 95.3 Å². The van der Waals surface area contributed by atoms with Gasteiger partial charge in [0.05, 0.1) is 12.1 Å². The van der Waals surface area contributed by atoms with Crippen molar-refractivity contribution in [1.29, 1.82) is 0 Å². The lowest BCUT2D eigenvalue weighted by Gasteiger charge is -2.14. The number of hydrogen-bond acceptors (Lipinski definition) is 4. The van der Waals surface area contributed by atoms with E-state index in [0.29, 0.717) is 13.2 Å². The molecule has 0 aliphatic heterocycles. The largest absolute Gasteiger partial charge is 0.346 e. The first-order valence-corrected chi connectivity index (χ1v) is 5.41. The molecule has 16 heavy (non-hydrogen) atoms. The van der Waals surface area contributed by atoms with Crippen molar-refractivity contribution >= 4 is 5.78 Å². The molecule has 0 bridgehead atoms. The highest BCUT2D eigenvalue weighted by molar-refractivity contribution is 5.83.